The molecule has 0 aliphatic rings. The number of halogens is 2. The highest BCUT2D eigenvalue weighted by atomic mass is 79.9. The number of hydrogen-bond donors (Lipinski definition) is 0. The molecule has 0 radical (unpaired) electrons. The number of benzene rings is 2. The third-order valence-electron chi connectivity index (χ3n) is 4.31. The summed E-state index contributed by atoms with van der Waals surface area (Å²) in [7, 11) is 1.48. The Morgan fingerprint density at radius 1 is 1.16 bits per heavy atom. The van der Waals surface area contributed by atoms with Crippen molar-refractivity contribution in [2.24, 2.45) is 5.10 Å². The summed E-state index contributed by atoms with van der Waals surface area (Å²) in [4.78, 5) is 29.6. The quantitative estimate of drug-likeness (QED) is 0.258. The Hall–Kier alpha value is -2.52. The Kier molecular flexibility index (Phi) is 6.66. The van der Waals surface area contributed by atoms with Crippen molar-refractivity contribution < 1.29 is 14.3 Å². The first-order valence-electron chi connectivity index (χ1n) is 9.34. The molecule has 0 saturated heterocycles. The Bertz CT molecular complexity index is 1260. The summed E-state index contributed by atoms with van der Waals surface area (Å²) in [5.74, 6) is 0.568. The number of ether oxygens (including phenoxy) is 2. The fraction of sp³-hybridized carbons (Fsp3) is 0.273. The molecule has 0 unspecified atom stereocenters. The largest absolute Gasteiger partial charge is 0.493 e. The lowest BCUT2D eigenvalue weighted by Gasteiger charge is -2.21. The molecular formula is C22H21Br2N3O4. The van der Waals surface area contributed by atoms with E-state index in [-0.39, 0.29) is 11.3 Å². The number of aromatic nitrogens is 2. The summed E-state index contributed by atoms with van der Waals surface area (Å²) in [5.41, 5.74) is 0.297. The zero-order valence-electron chi connectivity index (χ0n) is 17.7. The molecule has 0 fully saturated rings. The van der Waals surface area contributed by atoms with Crippen molar-refractivity contribution in [3.63, 3.8) is 0 Å². The van der Waals surface area contributed by atoms with Gasteiger partial charge in [0.2, 0.25) is 0 Å². The van der Waals surface area contributed by atoms with Crippen molar-refractivity contribution >= 4 is 54.9 Å². The molecule has 31 heavy (non-hydrogen) atoms. The molecule has 0 amide bonds. The van der Waals surface area contributed by atoms with Crippen molar-refractivity contribution in [1.29, 1.82) is 0 Å². The minimum atomic E-state index is -0.500. The molecule has 1 heterocycles. The number of hydrogen-bond acceptors (Lipinski definition) is 6. The van der Waals surface area contributed by atoms with Gasteiger partial charge in [-0.3, -0.25) is 9.59 Å². The molecule has 0 bridgehead atoms. The lowest BCUT2D eigenvalue weighted by molar-refractivity contribution is -0.132. The van der Waals surface area contributed by atoms with Crippen LogP contribution in [0.5, 0.6) is 11.5 Å². The van der Waals surface area contributed by atoms with Crippen molar-refractivity contribution in [2.45, 2.75) is 33.1 Å². The van der Waals surface area contributed by atoms with Gasteiger partial charge in [0.05, 0.1) is 24.2 Å². The first-order valence-corrected chi connectivity index (χ1v) is 10.9. The second-order valence-electron chi connectivity index (χ2n) is 7.83. The number of methoxy groups -OCH3 is 1. The summed E-state index contributed by atoms with van der Waals surface area (Å²) in [6.07, 6.45) is 1.45. The standard InChI is InChI=1S/C22H21Br2N3O4/c1-12(28)31-19-13(8-15(24)10-18(19)30-5)11-25-27-20(29)16-9-14(23)6-7-17(16)26-21(27)22(2,3)4/h6-11H,1-5H3. The summed E-state index contributed by atoms with van der Waals surface area (Å²) in [5, 5.41) is 4.88. The SMILES string of the molecule is COc1cc(Br)cc(C=Nn2c(C(C)(C)C)nc3ccc(Br)cc3c2=O)c1OC(C)=O. The first-order chi connectivity index (χ1) is 14.5. The number of esters is 1. The van der Waals surface area contributed by atoms with Crippen LogP contribution in [0, 0.1) is 0 Å². The summed E-state index contributed by atoms with van der Waals surface area (Å²) >= 11 is 6.81. The van der Waals surface area contributed by atoms with Crippen LogP contribution in [0.3, 0.4) is 0 Å². The molecule has 0 N–H and O–H groups in total. The van der Waals surface area contributed by atoms with E-state index in [0.29, 0.717) is 32.5 Å². The third kappa shape index (κ3) is 5.04. The first kappa shape index (κ1) is 23.1. The molecule has 162 valence electrons. The van der Waals surface area contributed by atoms with Gasteiger partial charge in [0.25, 0.3) is 5.56 Å². The van der Waals surface area contributed by atoms with Gasteiger partial charge in [-0.05, 0) is 30.3 Å². The maximum absolute atomic E-state index is 13.3. The van der Waals surface area contributed by atoms with Crippen LogP contribution in [-0.2, 0) is 10.2 Å². The fourth-order valence-electron chi connectivity index (χ4n) is 2.95. The number of fused-ring (bicyclic) bond motifs is 1. The van der Waals surface area contributed by atoms with Crippen molar-refractivity contribution in [2.75, 3.05) is 7.11 Å². The molecular weight excluding hydrogens is 530 g/mol. The van der Waals surface area contributed by atoms with Crippen LogP contribution in [0.15, 0.2) is 49.2 Å². The monoisotopic (exact) mass is 549 g/mol. The topological polar surface area (TPSA) is 82.8 Å². The van der Waals surface area contributed by atoms with Gasteiger partial charge >= 0.3 is 5.97 Å². The number of carbonyl (C=O) groups is 1. The van der Waals surface area contributed by atoms with E-state index >= 15 is 0 Å². The molecule has 2 aromatic carbocycles. The van der Waals surface area contributed by atoms with E-state index in [0.717, 1.165) is 4.47 Å². The summed E-state index contributed by atoms with van der Waals surface area (Å²) < 4.78 is 13.4. The third-order valence-corrected chi connectivity index (χ3v) is 5.26. The van der Waals surface area contributed by atoms with Gasteiger partial charge in [-0.25, -0.2) is 4.98 Å². The van der Waals surface area contributed by atoms with Gasteiger partial charge in [-0.1, -0.05) is 52.6 Å². The lowest BCUT2D eigenvalue weighted by atomic mass is 9.95. The van der Waals surface area contributed by atoms with Crippen molar-refractivity contribution in [3.8, 4) is 11.5 Å². The summed E-state index contributed by atoms with van der Waals surface area (Å²) in [6, 6.07) is 8.75. The maximum Gasteiger partial charge on any atom is 0.308 e. The van der Waals surface area contributed by atoms with Gasteiger partial charge in [0.1, 0.15) is 5.82 Å². The van der Waals surface area contributed by atoms with Gasteiger partial charge in [-0.2, -0.15) is 9.78 Å². The molecule has 1 aromatic heterocycles. The second kappa shape index (κ2) is 8.92. The predicted octanol–water partition coefficient (Wildman–Crippen LogP) is 5.04. The molecule has 3 aromatic rings. The van der Waals surface area contributed by atoms with Crippen LogP contribution < -0.4 is 15.0 Å². The number of nitrogens with zero attached hydrogens (tertiary/aromatic N) is 3. The zero-order valence-corrected chi connectivity index (χ0v) is 20.9. The Balaban J connectivity index is 2.26. The highest BCUT2D eigenvalue weighted by Gasteiger charge is 2.23. The van der Waals surface area contributed by atoms with Crippen molar-refractivity contribution in [1.82, 2.24) is 9.66 Å². The van der Waals surface area contributed by atoms with E-state index in [1.807, 2.05) is 26.8 Å². The zero-order chi connectivity index (χ0) is 22.9. The van der Waals surface area contributed by atoms with E-state index < -0.39 is 11.4 Å². The molecule has 0 spiro atoms. The smallest absolute Gasteiger partial charge is 0.308 e. The Morgan fingerprint density at radius 2 is 1.87 bits per heavy atom. The van der Waals surface area contributed by atoms with Gasteiger partial charge in [0.15, 0.2) is 11.5 Å². The van der Waals surface area contributed by atoms with Crippen LogP contribution in [0.25, 0.3) is 10.9 Å². The second-order valence-corrected chi connectivity index (χ2v) is 9.66. The van der Waals surface area contributed by atoms with E-state index in [1.54, 1.807) is 24.3 Å². The normalized spacial score (nSPS) is 11.8. The fourth-order valence-corrected chi connectivity index (χ4v) is 3.77. The Labute approximate surface area is 196 Å². The van der Waals surface area contributed by atoms with Crippen LogP contribution in [-0.4, -0.2) is 29.0 Å². The molecule has 3 rings (SSSR count). The van der Waals surface area contributed by atoms with Gasteiger partial charge in [0, 0.05) is 26.8 Å². The van der Waals surface area contributed by atoms with E-state index in [2.05, 4.69) is 37.0 Å². The molecule has 0 atom stereocenters. The van der Waals surface area contributed by atoms with Crippen LogP contribution in [0.2, 0.25) is 0 Å². The number of rotatable bonds is 4. The minimum Gasteiger partial charge on any atom is -0.493 e. The highest BCUT2D eigenvalue weighted by Crippen LogP contribution is 2.34. The van der Waals surface area contributed by atoms with E-state index in [4.69, 9.17) is 14.5 Å². The molecule has 0 saturated carbocycles. The van der Waals surface area contributed by atoms with Crippen LogP contribution in [0.1, 0.15) is 39.1 Å². The van der Waals surface area contributed by atoms with Crippen molar-refractivity contribution in [3.05, 3.63) is 61.0 Å². The Morgan fingerprint density at radius 3 is 2.48 bits per heavy atom. The maximum atomic E-state index is 13.3. The molecule has 0 aliphatic heterocycles. The minimum absolute atomic E-state index is 0.212. The van der Waals surface area contributed by atoms with Crippen LogP contribution >= 0.6 is 31.9 Å². The highest BCUT2D eigenvalue weighted by molar-refractivity contribution is 9.10. The molecule has 9 heteroatoms. The van der Waals surface area contributed by atoms with E-state index in [1.165, 1.54) is 24.9 Å². The van der Waals surface area contributed by atoms with Crippen LogP contribution in [0.4, 0.5) is 0 Å². The molecule has 7 nitrogen and oxygen atoms in total. The average molecular weight is 551 g/mol. The van der Waals surface area contributed by atoms with Gasteiger partial charge < -0.3 is 9.47 Å². The molecule has 0 aliphatic carbocycles. The van der Waals surface area contributed by atoms with Gasteiger partial charge in [-0.15, -0.1) is 0 Å². The number of carbonyl (C=O) groups excluding carboxylic acids is 1. The van der Waals surface area contributed by atoms with E-state index in [9.17, 15) is 9.59 Å². The lowest BCUT2D eigenvalue weighted by Crippen LogP contribution is -2.29. The summed E-state index contributed by atoms with van der Waals surface area (Å²) in [6.45, 7) is 7.17. The average Bonchev–Trinajstić information content (AvgIpc) is 2.67. The predicted molar refractivity (Wildman–Crippen MR) is 127 cm³/mol.